The Labute approximate surface area is 120 Å². The van der Waals surface area contributed by atoms with E-state index in [-0.39, 0.29) is 0 Å². The van der Waals surface area contributed by atoms with Gasteiger partial charge in [0.05, 0.1) is 22.8 Å². The number of nitriles is 1. The number of para-hydroxylation sites is 2. The second-order valence-corrected chi connectivity index (χ2v) is 4.78. The predicted molar refractivity (Wildman–Crippen MR) is 81.1 cm³/mol. The minimum atomic E-state index is 0.516. The summed E-state index contributed by atoms with van der Waals surface area (Å²) in [4.78, 5) is 4.62. The summed E-state index contributed by atoms with van der Waals surface area (Å²) in [6, 6.07) is 19.7. The topological polar surface area (TPSA) is 54.5 Å². The zero-order valence-corrected chi connectivity index (χ0v) is 11.1. The van der Waals surface area contributed by atoms with Gasteiger partial charge in [0.15, 0.2) is 5.82 Å². The van der Waals surface area contributed by atoms with Gasteiger partial charge < -0.3 is 0 Å². The smallest absolute Gasteiger partial charge is 0.172 e. The van der Waals surface area contributed by atoms with E-state index >= 15 is 0 Å². The van der Waals surface area contributed by atoms with Crippen LogP contribution in [0.25, 0.3) is 27.6 Å². The first-order valence-corrected chi connectivity index (χ1v) is 6.60. The van der Waals surface area contributed by atoms with Crippen LogP contribution in [-0.4, -0.2) is 14.8 Å². The number of rotatable bonds is 1. The van der Waals surface area contributed by atoms with E-state index in [1.54, 1.807) is 10.9 Å². The van der Waals surface area contributed by atoms with Gasteiger partial charge in [0.1, 0.15) is 6.07 Å². The molecule has 0 saturated carbocycles. The lowest BCUT2D eigenvalue weighted by atomic mass is 10.1. The normalized spacial score (nSPS) is 10.8. The van der Waals surface area contributed by atoms with Crippen LogP contribution in [0, 0.1) is 11.3 Å². The summed E-state index contributed by atoms with van der Waals surface area (Å²) in [7, 11) is 0. The second-order valence-electron chi connectivity index (χ2n) is 4.78. The van der Waals surface area contributed by atoms with Gasteiger partial charge in [0.2, 0.25) is 0 Å². The first-order chi connectivity index (χ1) is 10.4. The molecule has 98 valence electrons. The van der Waals surface area contributed by atoms with E-state index in [9.17, 15) is 5.26 Å². The van der Waals surface area contributed by atoms with E-state index in [1.807, 2.05) is 54.6 Å². The van der Waals surface area contributed by atoms with E-state index in [0.29, 0.717) is 11.4 Å². The summed E-state index contributed by atoms with van der Waals surface area (Å²) < 4.78 is 1.72. The highest BCUT2D eigenvalue weighted by molar-refractivity contribution is 5.84. The standard InChI is InChI=1S/C17H10N4/c18-10-14-9-12-5-1-3-7-15(12)20-17(14)21-16-8-4-2-6-13(16)11-19-21/h1-9,11H. The summed E-state index contributed by atoms with van der Waals surface area (Å²) in [5, 5.41) is 15.8. The Hall–Kier alpha value is -3.19. The Bertz CT molecular complexity index is 1010. The molecular weight excluding hydrogens is 260 g/mol. The minimum absolute atomic E-state index is 0.516. The molecule has 0 spiro atoms. The Kier molecular flexibility index (Phi) is 2.45. The first-order valence-electron chi connectivity index (χ1n) is 6.60. The fourth-order valence-electron chi connectivity index (χ4n) is 2.49. The van der Waals surface area contributed by atoms with E-state index in [2.05, 4.69) is 16.2 Å². The molecule has 0 amide bonds. The fraction of sp³-hybridized carbons (Fsp3) is 0. The third-order valence-corrected chi connectivity index (χ3v) is 3.50. The summed E-state index contributed by atoms with van der Waals surface area (Å²) in [5.41, 5.74) is 2.31. The Morgan fingerprint density at radius 2 is 1.71 bits per heavy atom. The molecule has 2 aromatic carbocycles. The van der Waals surface area contributed by atoms with Crippen LogP contribution < -0.4 is 0 Å². The molecule has 4 nitrogen and oxygen atoms in total. The van der Waals surface area contributed by atoms with Gasteiger partial charge in [-0.15, -0.1) is 0 Å². The molecular formula is C17H10N4. The zero-order valence-electron chi connectivity index (χ0n) is 11.1. The van der Waals surface area contributed by atoms with Gasteiger partial charge in [-0.2, -0.15) is 10.4 Å². The van der Waals surface area contributed by atoms with E-state index in [4.69, 9.17) is 0 Å². The Balaban J connectivity index is 2.08. The molecule has 21 heavy (non-hydrogen) atoms. The molecule has 4 aromatic rings. The Morgan fingerprint density at radius 3 is 2.57 bits per heavy atom. The van der Waals surface area contributed by atoms with Gasteiger partial charge in [-0.25, -0.2) is 9.67 Å². The molecule has 0 bridgehead atoms. The van der Waals surface area contributed by atoms with Crippen molar-refractivity contribution in [2.45, 2.75) is 0 Å². The lowest BCUT2D eigenvalue weighted by molar-refractivity contribution is 0.877. The maximum atomic E-state index is 9.42. The average Bonchev–Trinajstić information content (AvgIpc) is 2.97. The molecule has 0 N–H and O–H groups in total. The lowest BCUT2D eigenvalue weighted by Crippen LogP contribution is -2.03. The van der Waals surface area contributed by atoms with Gasteiger partial charge in [0.25, 0.3) is 0 Å². The highest BCUT2D eigenvalue weighted by atomic mass is 15.3. The van der Waals surface area contributed by atoms with Crippen molar-refractivity contribution in [1.29, 1.82) is 5.26 Å². The number of benzene rings is 2. The van der Waals surface area contributed by atoms with E-state index in [1.165, 1.54) is 0 Å². The van der Waals surface area contributed by atoms with Crippen LogP contribution >= 0.6 is 0 Å². The molecule has 0 aliphatic carbocycles. The number of nitrogens with zero attached hydrogens (tertiary/aromatic N) is 4. The van der Waals surface area contributed by atoms with Crippen molar-refractivity contribution in [3.05, 3.63) is 66.4 Å². The van der Waals surface area contributed by atoms with Crippen molar-refractivity contribution in [2.24, 2.45) is 0 Å². The van der Waals surface area contributed by atoms with Crippen LogP contribution in [0.4, 0.5) is 0 Å². The number of aromatic nitrogens is 3. The van der Waals surface area contributed by atoms with Crippen LogP contribution in [0.1, 0.15) is 5.56 Å². The van der Waals surface area contributed by atoms with Crippen molar-refractivity contribution in [1.82, 2.24) is 14.8 Å². The fourth-order valence-corrected chi connectivity index (χ4v) is 2.49. The first kappa shape index (κ1) is 11.6. The van der Waals surface area contributed by atoms with Crippen LogP contribution in [0.5, 0.6) is 0 Å². The van der Waals surface area contributed by atoms with Crippen molar-refractivity contribution < 1.29 is 0 Å². The molecule has 0 radical (unpaired) electrons. The zero-order chi connectivity index (χ0) is 14.2. The van der Waals surface area contributed by atoms with Crippen LogP contribution in [0.15, 0.2) is 60.8 Å². The lowest BCUT2D eigenvalue weighted by Gasteiger charge is -2.07. The Morgan fingerprint density at radius 1 is 0.952 bits per heavy atom. The quantitative estimate of drug-likeness (QED) is 0.532. The number of fused-ring (bicyclic) bond motifs is 2. The van der Waals surface area contributed by atoms with Gasteiger partial charge in [-0.3, -0.25) is 0 Å². The largest absolute Gasteiger partial charge is 0.227 e. The van der Waals surface area contributed by atoms with Gasteiger partial charge in [-0.1, -0.05) is 36.4 Å². The average molecular weight is 270 g/mol. The number of pyridine rings is 1. The molecule has 2 aromatic heterocycles. The SMILES string of the molecule is N#Cc1cc2ccccc2nc1-n1ncc2ccccc21. The third-order valence-electron chi connectivity index (χ3n) is 3.50. The van der Waals surface area contributed by atoms with Crippen molar-refractivity contribution in [2.75, 3.05) is 0 Å². The minimum Gasteiger partial charge on any atom is -0.227 e. The van der Waals surface area contributed by atoms with Gasteiger partial charge in [0, 0.05) is 10.8 Å². The predicted octanol–water partition coefficient (Wildman–Crippen LogP) is 3.45. The summed E-state index contributed by atoms with van der Waals surface area (Å²) in [5.74, 6) is 0.567. The summed E-state index contributed by atoms with van der Waals surface area (Å²) >= 11 is 0. The highest BCUT2D eigenvalue weighted by Crippen LogP contribution is 2.22. The molecule has 0 aliphatic rings. The van der Waals surface area contributed by atoms with Crippen LogP contribution in [0.3, 0.4) is 0 Å². The summed E-state index contributed by atoms with van der Waals surface area (Å²) in [6.45, 7) is 0. The number of hydrogen-bond donors (Lipinski definition) is 0. The monoisotopic (exact) mass is 270 g/mol. The summed E-state index contributed by atoms with van der Waals surface area (Å²) in [6.07, 6.45) is 1.79. The molecule has 0 aliphatic heterocycles. The van der Waals surface area contributed by atoms with Crippen molar-refractivity contribution in [3.8, 4) is 11.9 Å². The van der Waals surface area contributed by atoms with Crippen LogP contribution in [0.2, 0.25) is 0 Å². The van der Waals surface area contributed by atoms with Gasteiger partial charge >= 0.3 is 0 Å². The second kappa shape index (κ2) is 4.43. The number of hydrogen-bond acceptors (Lipinski definition) is 3. The van der Waals surface area contributed by atoms with Crippen LogP contribution in [-0.2, 0) is 0 Å². The molecule has 0 saturated heterocycles. The third kappa shape index (κ3) is 1.76. The van der Waals surface area contributed by atoms with Crippen molar-refractivity contribution in [3.63, 3.8) is 0 Å². The van der Waals surface area contributed by atoms with Gasteiger partial charge in [-0.05, 0) is 18.2 Å². The highest BCUT2D eigenvalue weighted by Gasteiger charge is 2.12. The van der Waals surface area contributed by atoms with E-state index < -0.39 is 0 Å². The molecule has 4 heteroatoms. The molecule has 0 unspecified atom stereocenters. The molecule has 2 heterocycles. The van der Waals surface area contributed by atoms with Crippen molar-refractivity contribution >= 4 is 21.8 Å². The molecule has 0 fully saturated rings. The molecule has 4 rings (SSSR count). The molecule has 0 atom stereocenters. The van der Waals surface area contributed by atoms with E-state index in [0.717, 1.165) is 21.8 Å². The maximum Gasteiger partial charge on any atom is 0.172 e. The maximum absolute atomic E-state index is 9.42.